The maximum Gasteiger partial charge on any atom is 0.492 e. The molecule has 0 spiro atoms. The van der Waals surface area contributed by atoms with Gasteiger partial charge < -0.3 is 23.9 Å². The highest BCUT2D eigenvalue weighted by atomic mass is 16.6. The van der Waals surface area contributed by atoms with Crippen molar-refractivity contribution in [3.8, 4) is 17.4 Å². The Kier molecular flexibility index (Phi) is 5.70. The molecule has 1 aliphatic heterocycles. The minimum atomic E-state index is -1.19. The molecule has 1 aromatic carbocycles. The lowest BCUT2D eigenvalue weighted by Crippen LogP contribution is -2.28. The lowest BCUT2D eigenvalue weighted by atomic mass is 9.78. The number of nitrogens with zero attached hydrogens (tertiary/aromatic N) is 2. The van der Waals surface area contributed by atoms with Gasteiger partial charge in [0.1, 0.15) is 11.5 Å². The summed E-state index contributed by atoms with van der Waals surface area (Å²) in [6, 6.07) is 3.32. The molecule has 1 aliphatic rings. The Morgan fingerprint density at radius 3 is 2.85 bits per heavy atom. The van der Waals surface area contributed by atoms with Crippen LogP contribution < -0.4 is 14.9 Å². The van der Waals surface area contributed by atoms with E-state index in [1.807, 2.05) is 6.92 Å². The lowest BCUT2D eigenvalue weighted by Gasteiger charge is -2.16. The minimum Gasteiger partial charge on any atom is -0.493 e. The monoisotopic (exact) mass is 358 g/mol. The SMILES string of the molecule is CCOC(=O)CC1OB(O)c2cc(Oc3cnccn3)cc(OCC)c21. The Bertz CT molecular complexity index is 773. The van der Waals surface area contributed by atoms with Crippen LogP contribution in [0.2, 0.25) is 0 Å². The van der Waals surface area contributed by atoms with Gasteiger partial charge in [-0.2, -0.15) is 0 Å². The molecular weight excluding hydrogens is 339 g/mol. The number of benzene rings is 1. The molecule has 0 saturated heterocycles. The van der Waals surface area contributed by atoms with Gasteiger partial charge in [0.15, 0.2) is 0 Å². The second kappa shape index (κ2) is 8.16. The van der Waals surface area contributed by atoms with Gasteiger partial charge >= 0.3 is 13.1 Å². The number of rotatable bonds is 7. The van der Waals surface area contributed by atoms with E-state index in [9.17, 15) is 9.82 Å². The van der Waals surface area contributed by atoms with Gasteiger partial charge in [-0.05, 0) is 25.4 Å². The van der Waals surface area contributed by atoms with Crippen molar-refractivity contribution in [1.82, 2.24) is 9.97 Å². The molecule has 0 radical (unpaired) electrons. The summed E-state index contributed by atoms with van der Waals surface area (Å²) in [4.78, 5) is 19.8. The molecule has 1 aromatic heterocycles. The molecule has 3 rings (SSSR count). The summed E-state index contributed by atoms with van der Waals surface area (Å²) in [5.74, 6) is 0.813. The number of fused-ring (bicyclic) bond motifs is 1. The van der Waals surface area contributed by atoms with Crippen LogP contribution in [0.5, 0.6) is 17.4 Å². The van der Waals surface area contributed by atoms with E-state index < -0.39 is 19.2 Å². The molecule has 0 bridgehead atoms. The van der Waals surface area contributed by atoms with Crippen molar-refractivity contribution >= 4 is 18.6 Å². The Hall–Kier alpha value is -2.65. The minimum absolute atomic E-state index is 0.0116. The van der Waals surface area contributed by atoms with Gasteiger partial charge in [-0.3, -0.25) is 9.78 Å². The van der Waals surface area contributed by atoms with E-state index in [4.69, 9.17) is 18.9 Å². The summed E-state index contributed by atoms with van der Waals surface area (Å²) >= 11 is 0. The largest absolute Gasteiger partial charge is 0.493 e. The molecule has 1 N–H and O–H groups in total. The van der Waals surface area contributed by atoms with Crippen LogP contribution in [-0.2, 0) is 14.2 Å². The third kappa shape index (κ3) is 3.95. The van der Waals surface area contributed by atoms with Crippen molar-refractivity contribution < 1.29 is 28.7 Å². The zero-order valence-electron chi connectivity index (χ0n) is 14.5. The maximum atomic E-state index is 11.8. The van der Waals surface area contributed by atoms with Gasteiger partial charge in [-0.25, -0.2) is 4.98 Å². The third-order valence-electron chi connectivity index (χ3n) is 3.75. The topological polar surface area (TPSA) is 100 Å². The highest BCUT2D eigenvalue weighted by molar-refractivity contribution is 6.62. The number of ether oxygens (including phenoxy) is 3. The summed E-state index contributed by atoms with van der Waals surface area (Å²) < 4.78 is 21.9. The maximum absolute atomic E-state index is 11.8. The Morgan fingerprint density at radius 1 is 1.31 bits per heavy atom. The van der Waals surface area contributed by atoms with Crippen LogP contribution in [0, 0.1) is 0 Å². The first kappa shape index (κ1) is 18.2. The van der Waals surface area contributed by atoms with Crippen molar-refractivity contribution in [3.63, 3.8) is 0 Å². The van der Waals surface area contributed by atoms with E-state index in [1.165, 1.54) is 12.4 Å². The highest BCUT2D eigenvalue weighted by Crippen LogP contribution is 2.37. The Balaban J connectivity index is 1.92. The first-order chi connectivity index (χ1) is 12.6. The third-order valence-corrected chi connectivity index (χ3v) is 3.75. The van der Waals surface area contributed by atoms with Crippen molar-refractivity contribution in [1.29, 1.82) is 0 Å². The molecule has 2 heterocycles. The van der Waals surface area contributed by atoms with E-state index in [-0.39, 0.29) is 13.0 Å². The summed E-state index contributed by atoms with van der Waals surface area (Å²) in [6.07, 6.45) is 3.87. The molecule has 0 amide bonds. The zero-order valence-corrected chi connectivity index (χ0v) is 14.5. The standard InChI is InChI=1S/C17H19BN2O6/c1-3-23-13-8-11(25-15-10-19-5-6-20-15)7-12-17(13)14(26-18(12)22)9-16(21)24-4-2/h5-8,10,14,22H,3-4,9H2,1-2H3. The number of carbonyl (C=O) groups excluding carboxylic acids is 1. The number of aromatic nitrogens is 2. The second-order valence-corrected chi connectivity index (χ2v) is 5.49. The molecule has 0 saturated carbocycles. The number of hydrogen-bond acceptors (Lipinski definition) is 8. The molecule has 26 heavy (non-hydrogen) atoms. The molecule has 1 unspecified atom stereocenters. The average molecular weight is 358 g/mol. The van der Waals surface area contributed by atoms with E-state index in [0.717, 1.165) is 0 Å². The zero-order chi connectivity index (χ0) is 18.5. The van der Waals surface area contributed by atoms with E-state index >= 15 is 0 Å². The Labute approximate surface area is 151 Å². The van der Waals surface area contributed by atoms with Gasteiger partial charge in [-0.15, -0.1) is 0 Å². The molecule has 8 nitrogen and oxygen atoms in total. The van der Waals surface area contributed by atoms with Crippen molar-refractivity contribution in [2.24, 2.45) is 0 Å². The lowest BCUT2D eigenvalue weighted by molar-refractivity contribution is -0.145. The van der Waals surface area contributed by atoms with Crippen LogP contribution in [0.3, 0.4) is 0 Å². The normalized spacial score (nSPS) is 15.5. The van der Waals surface area contributed by atoms with Crippen LogP contribution in [0.25, 0.3) is 0 Å². The second-order valence-electron chi connectivity index (χ2n) is 5.49. The number of esters is 1. The summed E-state index contributed by atoms with van der Waals surface area (Å²) in [7, 11) is -1.19. The first-order valence-electron chi connectivity index (χ1n) is 8.36. The van der Waals surface area contributed by atoms with Gasteiger partial charge in [-0.1, -0.05) is 0 Å². The predicted molar refractivity (Wildman–Crippen MR) is 92.4 cm³/mol. The molecule has 9 heteroatoms. The smallest absolute Gasteiger partial charge is 0.492 e. The number of hydrogen-bond donors (Lipinski definition) is 1. The van der Waals surface area contributed by atoms with Crippen molar-refractivity contribution in [3.05, 3.63) is 36.3 Å². The fourth-order valence-corrected chi connectivity index (χ4v) is 2.78. The van der Waals surface area contributed by atoms with E-state index in [1.54, 1.807) is 25.3 Å². The van der Waals surface area contributed by atoms with Crippen LogP contribution in [0.1, 0.15) is 31.9 Å². The molecule has 0 aliphatic carbocycles. The van der Waals surface area contributed by atoms with E-state index in [0.29, 0.717) is 35.0 Å². The summed E-state index contributed by atoms with van der Waals surface area (Å²) in [5, 5.41) is 10.3. The molecule has 136 valence electrons. The molecule has 2 aromatic rings. The summed E-state index contributed by atoms with van der Waals surface area (Å²) in [6.45, 7) is 4.26. The quantitative estimate of drug-likeness (QED) is 0.585. The number of carbonyl (C=O) groups is 1. The first-order valence-corrected chi connectivity index (χ1v) is 8.36. The van der Waals surface area contributed by atoms with Crippen LogP contribution in [-0.4, -0.2) is 41.3 Å². The molecular formula is C17H19BN2O6. The van der Waals surface area contributed by atoms with Gasteiger partial charge in [0.25, 0.3) is 0 Å². The molecule has 0 fully saturated rings. The van der Waals surface area contributed by atoms with Gasteiger partial charge in [0, 0.05) is 24.0 Å². The highest BCUT2D eigenvalue weighted by Gasteiger charge is 2.39. The van der Waals surface area contributed by atoms with E-state index in [2.05, 4.69) is 9.97 Å². The fraction of sp³-hybridized carbons (Fsp3) is 0.353. The van der Waals surface area contributed by atoms with Crippen LogP contribution in [0.4, 0.5) is 0 Å². The van der Waals surface area contributed by atoms with Gasteiger partial charge in [0.05, 0.1) is 31.9 Å². The van der Waals surface area contributed by atoms with Crippen LogP contribution in [0.15, 0.2) is 30.7 Å². The van der Waals surface area contributed by atoms with Crippen LogP contribution >= 0.6 is 0 Å². The summed E-state index contributed by atoms with van der Waals surface area (Å²) in [5.41, 5.74) is 1.11. The van der Waals surface area contributed by atoms with Gasteiger partial charge in [0.2, 0.25) is 5.88 Å². The fourth-order valence-electron chi connectivity index (χ4n) is 2.78. The Morgan fingerprint density at radius 2 is 2.15 bits per heavy atom. The predicted octanol–water partition coefficient (Wildman–Crippen LogP) is 1.38. The molecule has 1 atom stereocenters. The van der Waals surface area contributed by atoms with Crippen molar-refractivity contribution in [2.75, 3.05) is 13.2 Å². The van der Waals surface area contributed by atoms with Crippen molar-refractivity contribution in [2.45, 2.75) is 26.4 Å². The average Bonchev–Trinajstić information content (AvgIpc) is 2.92.